The highest BCUT2D eigenvalue weighted by Gasteiger charge is 2.23. The van der Waals surface area contributed by atoms with Gasteiger partial charge in [-0.1, -0.05) is 0 Å². The highest BCUT2D eigenvalue weighted by atomic mass is 16.5. The zero-order chi connectivity index (χ0) is 12.3. The Morgan fingerprint density at radius 1 is 1.47 bits per heavy atom. The van der Waals surface area contributed by atoms with Crippen molar-refractivity contribution in [3.05, 3.63) is 23.9 Å². The molecule has 2 heterocycles. The molecule has 2 rings (SSSR count). The molecule has 0 aliphatic carbocycles. The zero-order valence-electron chi connectivity index (χ0n) is 9.60. The molecule has 0 bridgehead atoms. The molecule has 90 valence electrons. The molecule has 1 aliphatic rings. The van der Waals surface area contributed by atoms with Crippen molar-refractivity contribution < 1.29 is 14.3 Å². The first kappa shape index (κ1) is 11.7. The minimum absolute atomic E-state index is 0.0421. The molecule has 0 unspecified atom stereocenters. The lowest BCUT2D eigenvalue weighted by atomic mass is 10.1. The molecule has 1 atom stereocenters. The van der Waals surface area contributed by atoms with Crippen molar-refractivity contribution in [3.8, 4) is 0 Å². The molecule has 1 fully saturated rings. The van der Waals surface area contributed by atoms with Gasteiger partial charge in [-0.05, 0) is 25.5 Å². The van der Waals surface area contributed by atoms with Crippen LogP contribution >= 0.6 is 0 Å². The molecular weight excluding hydrogens is 220 g/mol. The summed E-state index contributed by atoms with van der Waals surface area (Å²) in [4.78, 5) is 26.8. The van der Waals surface area contributed by atoms with E-state index in [-0.39, 0.29) is 17.6 Å². The maximum absolute atomic E-state index is 11.7. The topological polar surface area (TPSA) is 68.3 Å². The van der Waals surface area contributed by atoms with Crippen LogP contribution in [-0.4, -0.2) is 29.9 Å². The largest absolute Gasteiger partial charge is 0.381 e. The van der Waals surface area contributed by atoms with E-state index in [9.17, 15) is 9.59 Å². The van der Waals surface area contributed by atoms with Crippen molar-refractivity contribution in [2.24, 2.45) is 5.92 Å². The highest BCUT2D eigenvalue weighted by Crippen LogP contribution is 2.15. The third-order valence-electron chi connectivity index (χ3n) is 2.72. The summed E-state index contributed by atoms with van der Waals surface area (Å²) in [6, 6.07) is 3.28. The number of ether oxygens (including phenoxy) is 1. The molecule has 0 aromatic carbocycles. The van der Waals surface area contributed by atoms with Crippen molar-refractivity contribution in [2.45, 2.75) is 13.3 Å². The number of amides is 1. The van der Waals surface area contributed by atoms with E-state index in [4.69, 9.17) is 4.74 Å². The van der Waals surface area contributed by atoms with Crippen molar-refractivity contribution >= 4 is 17.5 Å². The van der Waals surface area contributed by atoms with Crippen LogP contribution < -0.4 is 5.32 Å². The van der Waals surface area contributed by atoms with E-state index in [1.807, 2.05) is 0 Å². The van der Waals surface area contributed by atoms with Gasteiger partial charge in [-0.2, -0.15) is 0 Å². The van der Waals surface area contributed by atoms with E-state index in [0.717, 1.165) is 6.42 Å². The lowest BCUT2D eigenvalue weighted by Gasteiger charge is -2.08. The number of hydrogen-bond acceptors (Lipinski definition) is 4. The minimum atomic E-state index is -0.0933. The number of carbonyl (C=O) groups is 2. The molecule has 1 aromatic heterocycles. The number of aromatic nitrogens is 1. The van der Waals surface area contributed by atoms with E-state index < -0.39 is 0 Å². The van der Waals surface area contributed by atoms with Gasteiger partial charge in [-0.25, -0.2) is 4.98 Å². The Labute approximate surface area is 99.2 Å². The fourth-order valence-corrected chi connectivity index (χ4v) is 1.65. The Morgan fingerprint density at radius 2 is 2.29 bits per heavy atom. The smallest absolute Gasteiger partial charge is 0.231 e. The van der Waals surface area contributed by atoms with Gasteiger partial charge in [0.25, 0.3) is 0 Å². The van der Waals surface area contributed by atoms with Crippen LogP contribution in [-0.2, 0) is 9.53 Å². The second kappa shape index (κ2) is 5.05. The summed E-state index contributed by atoms with van der Waals surface area (Å²) < 4.78 is 5.14. The molecule has 1 aliphatic heterocycles. The van der Waals surface area contributed by atoms with E-state index in [0.29, 0.717) is 24.6 Å². The third-order valence-corrected chi connectivity index (χ3v) is 2.72. The van der Waals surface area contributed by atoms with E-state index in [1.165, 1.54) is 13.1 Å². The number of nitrogens with one attached hydrogen (secondary N) is 1. The maximum Gasteiger partial charge on any atom is 0.231 e. The molecular formula is C12H14N2O3. The summed E-state index contributed by atoms with van der Waals surface area (Å²) in [6.45, 7) is 2.58. The first-order chi connectivity index (χ1) is 8.16. The normalized spacial score (nSPS) is 19.0. The molecule has 5 heteroatoms. The summed E-state index contributed by atoms with van der Waals surface area (Å²) in [7, 11) is 0. The van der Waals surface area contributed by atoms with Crippen LogP contribution in [0.5, 0.6) is 0 Å². The molecule has 17 heavy (non-hydrogen) atoms. The van der Waals surface area contributed by atoms with Gasteiger partial charge in [0.2, 0.25) is 5.91 Å². The summed E-state index contributed by atoms with van der Waals surface area (Å²) in [5.74, 6) is 0.251. The van der Waals surface area contributed by atoms with Gasteiger partial charge < -0.3 is 10.1 Å². The molecule has 0 radical (unpaired) electrons. The van der Waals surface area contributed by atoms with Crippen LogP contribution in [0, 0.1) is 5.92 Å². The van der Waals surface area contributed by atoms with Gasteiger partial charge in [-0.3, -0.25) is 9.59 Å². The first-order valence-corrected chi connectivity index (χ1v) is 5.52. The second-order valence-corrected chi connectivity index (χ2v) is 4.04. The standard InChI is InChI=1S/C12H14N2O3/c1-8(15)9-2-3-11(13-6-9)14-12(16)10-4-5-17-7-10/h2-3,6,10H,4-5,7H2,1H3,(H,13,14,16)/t10-/m0/s1. The van der Waals surface area contributed by atoms with Crippen LogP contribution in [0.25, 0.3) is 0 Å². The lowest BCUT2D eigenvalue weighted by molar-refractivity contribution is -0.119. The molecule has 1 aromatic rings. The van der Waals surface area contributed by atoms with Crippen molar-refractivity contribution in [3.63, 3.8) is 0 Å². The van der Waals surface area contributed by atoms with Gasteiger partial charge in [0.15, 0.2) is 5.78 Å². The summed E-state index contributed by atoms with van der Waals surface area (Å²) in [6.07, 6.45) is 2.21. The van der Waals surface area contributed by atoms with Crippen molar-refractivity contribution in [2.75, 3.05) is 18.5 Å². The maximum atomic E-state index is 11.7. The van der Waals surface area contributed by atoms with E-state index in [2.05, 4.69) is 10.3 Å². The third kappa shape index (κ3) is 2.88. The van der Waals surface area contributed by atoms with Gasteiger partial charge in [0.05, 0.1) is 12.5 Å². The molecule has 1 amide bonds. The molecule has 1 N–H and O–H groups in total. The fraction of sp³-hybridized carbons (Fsp3) is 0.417. The number of Topliss-reactive ketones (excluding diaryl/α,β-unsaturated/α-hetero) is 1. The minimum Gasteiger partial charge on any atom is -0.381 e. The van der Waals surface area contributed by atoms with Gasteiger partial charge in [0.1, 0.15) is 5.82 Å². The SMILES string of the molecule is CC(=O)c1ccc(NC(=O)[C@H]2CCOC2)nc1. The van der Waals surface area contributed by atoms with Gasteiger partial charge in [-0.15, -0.1) is 0 Å². The summed E-state index contributed by atoms with van der Waals surface area (Å²) >= 11 is 0. The Hall–Kier alpha value is -1.75. The Balaban J connectivity index is 1.98. The zero-order valence-corrected chi connectivity index (χ0v) is 9.60. The number of carbonyl (C=O) groups excluding carboxylic acids is 2. The Morgan fingerprint density at radius 3 is 2.82 bits per heavy atom. The average Bonchev–Trinajstić information content (AvgIpc) is 2.83. The summed E-state index contributed by atoms with van der Waals surface area (Å²) in [5, 5.41) is 2.71. The van der Waals surface area contributed by atoms with Gasteiger partial charge in [0, 0.05) is 18.4 Å². The Kier molecular flexibility index (Phi) is 3.49. The Bertz CT molecular complexity index is 422. The number of hydrogen-bond donors (Lipinski definition) is 1. The first-order valence-electron chi connectivity index (χ1n) is 5.52. The molecule has 5 nitrogen and oxygen atoms in total. The van der Waals surface area contributed by atoms with Crippen LogP contribution in [0.3, 0.4) is 0 Å². The van der Waals surface area contributed by atoms with E-state index in [1.54, 1.807) is 12.1 Å². The van der Waals surface area contributed by atoms with E-state index >= 15 is 0 Å². The highest BCUT2D eigenvalue weighted by molar-refractivity contribution is 5.95. The monoisotopic (exact) mass is 234 g/mol. The number of rotatable bonds is 3. The van der Waals surface area contributed by atoms with Crippen LogP contribution in [0.1, 0.15) is 23.7 Å². The van der Waals surface area contributed by atoms with Crippen LogP contribution in [0.2, 0.25) is 0 Å². The molecule has 0 spiro atoms. The van der Waals surface area contributed by atoms with Crippen LogP contribution in [0.4, 0.5) is 5.82 Å². The number of pyridine rings is 1. The molecule has 1 saturated heterocycles. The van der Waals surface area contributed by atoms with Crippen LogP contribution in [0.15, 0.2) is 18.3 Å². The van der Waals surface area contributed by atoms with Crippen molar-refractivity contribution in [1.29, 1.82) is 0 Å². The number of anilines is 1. The predicted octanol–water partition coefficient (Wildman–Crippen LogP) is 1.26. The number of ketones is 1. The lowest BCUT2D eigenvalue weighted by Crippen LogP contribution is -2.23. The fourth-order valence-electron chi connectivity index (χ4n) is 1.65. The molecule has 0 saturated carbocycles. The predicted molar refractivity (Wildman–Crippen MR) is 61.8 cm³/mol. The number of nitrogens with zero attached hydrogens (tertiary/aromatic N) is 1. The summed E-state index contributed by atoms with van der Waals surface area (Å²) in [5.41, 5.74) is 0.534. The van der Waals surface area contributed by atoms with Crippen molar-refractivity contribution in [1.82, 2.24) is 4.98 Å². The average molecular weight is 234 g/mol. The quantitative estimate of drug-likeness (QED) is 0.799. The second-order valence-electron chi connectivity index (χ2n) is 4.04. The van der Waals surface area contributed by atoms with Gasteiger partial charge >= 0.3 is 0 Å².